The fourth-order valence-corrected chi connectivity index (χ4v) is 6.98. The van der Waals surface area contributed by atoms with Crippen molar-refractivity contribution < 1.29 is 28.6 Å². The zero-order valence-corrected chi connectivity index (χ0v) is 41.1. The van der Waals surface area contributed by atoms with Crippen LogP contribution in [0.3, 0.4) is 0 Å². The monoisotopic (exact) mass is 877 g/mol. The van der Waals surface area contributed by atoms with Gasteiger partial charge in [0.1, 0.15) is 13.2 Å². The predicted octanol–water partition coefficient (Wildman–Crippen LogP) is 17.2. The average Bonchev–Trinajstić information content (AvgIpc) is 3.28. The topological polar surface area (TPSA) is 78.9 Å². The fraction of sp³-hybridized carbons (Fsp3) is 0.702. The molecule has 360 valence electrons. The van der Waals surface area contributed by atoms with Gasteiger partial charge in [-0.1, -0.05) is 202 Å². The number of hydrogen-bond acceptors (Lipinski definition) is 6. The largest absolute Gasteiger partial charge is 0.462 e. The minimum atomic E-state index is -0.789. The van der Waals surface area contributed by atoms with Crippen molar-refractivity contribution in [3.8, 4) is 0 Å². The molecule has 0 heterocycles. The van der Waals surface area contributed by atoms with E-state index in [4.69, 9.17) is 14.2 Å². The first-order chi connectivity index (χ1) is 31.0. The lowest BCUT2D eigenvalue weighted by molar-refractivity contribution is -0.167. The molecule has 0 rings (SSSR count). The van der Waals surface area contributed by atoms with Crippen molar-refractivity contribution in [1.29, 1.82) is 0 Å². The smallest absolute Gasteiger partial charge is 0.306 e. The molecule has 0 saturated heterocycles. The maximum atomic E-state index is 12.8. The third kappa shape index (κ3) is 49.5. The zero-order chi connectivity index (χ0) is 45.8. The molecule has 6 heteroatoms. The minimum absolute atomic E-state index is 0.0888. The van der Waals surface area contributed by atoms with E-state index in [9.17, 15) is 14.4 Å². The Morgan fingerprint density at radius 1 is 0.333 bits per heavy atom. The molecule has 0 aliphatic carbocycles. The van der Waals surface area contributed by atoms with Crippen LogP contribution in [0.1, 0.15) is 239 Å². The van der Waals surface area contributed by atoms with Crippen molar-refractivity contribution in [3.63, 3.8) is 0 Å². The second-order valence-corrected chi connectivity index (χ2v) is 17.0. The molecular weight excluding hydrogens is 781 g/mol. The summed E-state index contributed by atoms with van der Waals surface area (Å²) in [5, 5.41) is 0. The molecule has 0 bridgehead atoms. The summed E-state index contributed by atoms with van der Waals surface area (Å²) in [5.74, 6) is -0.918. The van der Waals surface area contributed by atoms with Crippen LogP contribution in [0.25, 0.3) is 0 Å². The highest BCUT2D eigenvalue weighted by Crippen LogP contribution is 2.14. The molecule has 1 unspecified atom stereocenters. The molecule has 0 aromatic rings. The highest BCUT2D eigenvalue weighted by atomic mass is 16.6. The van der Waals surface area contributed by atoms with E-state index in [2.05, 4.69) is 106 Å². The molecular formula is C57H96O6. The third-order valence-electron chi connectivity index (χ3n) is 10.9. The van der Waals surface area contributed by atoms with Gasteiger partial charge in [0, 0.05) is 19.3 Å². The summed E-state index contributed by atoms with van der Waals surface area (Å²) in [4.78, 5) is 38.0. The maximum Gasteiger partial charge on any atom is 0.306 e. The van der Waals surface area contributed by atoms with Crippen LogP contribution in [-0.2, 0) is 28.6 Å². The summed E-state index contributed by atoms with van der Waals surface area (Å²) in [7, 11) is 0. The summed E-state index contributed by atoms with van der Waals surface area (Å²) < 4.78 is 16.8. The Morgan fingerprint density at radius 3 is 0.984 bits per heavy atom. The van der Waals surface area contributed by atoms with Gasteiger partial charge in [0.15, 0.2) is 6.10 Å². The number of allylic oxidation sites excluding steroid dienone is 14. The summed E-state index contributed by atoms with van der Waals surface area (Å²) >= 11 is 0. The third-order valence-corrected chi connectivity index (χ3v) is 10.9. The molecule has 6 nitrogen and oxygen atoms in total. The number of rotatable bonds is 46. The Balaban J connectivity index is 4.40. The SMILES string of the molecule is CC/C=C\C/C=C\C/C=C\CCCCCCCCCC(=O)OCC(COC(=O)CCCCCCC/C=C\CCCC)OC(=O)CCCCCCCCC/C=C\C/C=C\C/C=C\CC. The van der Waals surface area contributed by atoms with E-state index in [1.165, 1.54) is 83.5 Å². The van der Waals surface area contributed by atoms with Gasteiger partial charge >= 0.3 is 17.9 Å². The first-order valence-corrected chi connectivity index (χ1v) is 26.1. The quantitative estimate of drug-likeness (QED) is 0.0262. The minimum Gasteiger partial charge on any atom is -0.462 e. The van der Waals surface area contributed by atoms with E-state index in [0.29, 0.717) is 19.3 Å². The highest BCUT2D eigenvalue weighted by molar-refractivity contribution is 5.71. The van der Waals surface area contributed by atoms with Crippen molar-refractivity contribution in [2.24, 2.45) is 0 Å². The van der Waals surface area contributed by atoms with Gasteiger partial charge in [-0.05, 0) is 103 Å². The fourth-order valence-electron chi connectivity index (χ4n) is 6.98. The van der Waals surface area contributed by atoms with Crippen LogP contribution in [0.4, 0.5) is 0 Å². The first kappa shape index (κ1) is 59.6. The van der Waals surface area contributed by atoms with Gasteiger partial charge in [0.2, 0.25) is 0 Å². The summed E-state index contributed by atoms with van der Waals surface area (Å²) in [6, 6.07) is 0. The Morgan fingerprint density at radius 2 is 0.619 bits per heavy atom. The Labute approximate surface area is 388 Å². The number of hydrogen-bond donors (Lipinski definition) is 0. The van der Waals surface area contributed by atoms with Crippen molar-refractivity contribution >= 4 is 17.9 Å². The lowest BCUT2D eigenvalue weighted by atomic mass is 10.1. The molecule has 0 spiro atoms. The first-order valence-electron chi connectivity index (χ1n) is 26.1. The van der Waals surface area contributed by atoms with E-state index in [1.807, 2.05) is 0 Å². The molecule has 0 N–H and O–H groups in total. The van der Waals surface area contributed by atoms with Crippen molar-refractivity contribution in [2.45, 2.75) is 245 Å². The Hall–Kier alpha value is -3.41. The van der Waals surface area contributed by atoms with Gasteiger partial charge in [-0.15, -0.1) is 0 Å². The van der Waals surface area contributed by atoms with Gasteiger partial charge in [0.05, 0.1) is 0 Å². The average molecular weight is 877 g/mol. The Bertz CT molecular complexity index is 1240. The van der Waals surface area contributed by atoms with E-state index in [1.54, 1.807) is 0 Å². The molecule has 0 fully saturated rings. The van der Waals surface area contributed by atoms with Crippen LogP contribution in [0.2, 0.25) is 0 Å². The summed E-state index contributed by atoms with van der Waals surface area (Å²) in [6.07, 6.45) is 65.6. The molecule has 0 aromatic carbocycles. The number of esters is 3. The number of ether oxygens (including phenoxy) is 3. The molecule has 0 aromatic heterocycles. The number of carbonyl (C=O) groups is 3. The zero-order valence-electron chi connectivity index (χ0n) is 41.1. The van der Waals surface area contributed by atoms with Crippen LogP contribution in [0, 0.1) is 0 Å². The van der Waals surface area contributed by atoms with E-state index >= 15 is 0 Å². The second-order valence-electron chi connectivity index (χ2n) is 17.0. The van der Waals surface area contributed by atoms with Crippen LogP contribution in [-0.4, -0.2) is 37.2 Å². The van der Waals surface area contributed by atoms with Gasteiger partial charge in [-0.3, -0.25) is 14.4 Å². The number of carbonyl (C=O) groups excluding carboxylic acids is 3. The van der Waals surface area contributed by atoms with Crippen molar-refractivity contribution in [2.75, 3.05) is 13.2 Å². The predicted molar refractivity (Wildman–Crippen MR) is 270 cm³/mol. The lowest BCUT2D eigenvalue weighted by Crippen LogP contribution is -2.30. The molecule has 0 aliphatic rings. The molecule has 0 amide bonds. The maximum absolute atomic E-state index is 12.8. The van der Waals surface area contributed by atoms with Crippen LogP contribution in [0.15, 0.2) is 85.1 Å². The molecule has 0 aliphatic heterocycles. The Kier molecular flexibility index (Phi) is 48.5. The second kappa shape index (κ2) is 51.2. The molecule has 0 radical (unpaired) electrons. The normalized spacial score (nSPS) is 12.7. The standard InChI is InChI=1S/C57H96O6/c1-4-7-10-13-16-19-22-24-26-28-30-32-35-38-41-44-47-50-56(59)62-53-54(52-61-55(58)49-46-43-40-37-34-21-18-15-12-9-6-3)63-57(60)51-48-45-42-39-36-33-31-29-27-25-23-20-17-14-11-8-5-2/h7-8,10-11,15-20,24-27,54H,4-6,9,12-14,21-23,28-53H2,1-3H3/b10-7-,11-8-,18-15-,19-16-,20-17-,26-24-,27-25-. The highest BCUT2D eigenvalue weighted by Gasteiger charge is 2.19. The van der Waals surface area contributed by atoms with E-state index in [-0.39, 0.29) is 31.1 Å². The van der Waals surface area contributed by atoms with E-state index in [0.717, 1.165) is 116 Å². The van der Waals surface area contributed by atoms with Crippen LogP contribution < -0.4 is 0 Å². The van der Waals surface area contributed by atoms with Crippen molar-refractivity contribution in [1.82, 2.24) is 0 Å². The van der Waals surface area contributed by atoms with Gasteiger partial charge in [-0.2, -0.15) is 0 Å². The number of unbranched alkanes of at least 4 members (excludes halogenated alkanes) is 21. The van der Waals surface area contributed by atoms with E-state index < -0.39 is 6.10 Å². The molecule has 1 atom stereocenters. The lowest BCUT2D eigenvalue weighted by Gasteiger charge is -2.18. The van der Waals surface area contributed by atoms with Crippen LogP contribution in [0.5, 0.6) is 0 Å². The molecule has 0 saturated carbocycles. The van der Waals surface area contributed by atoms with Gasteiger partial charge in [0.25, 0.3) is 0 Å². The van der Waals surface area contributed by atoms with Gasteiger partial charge < -0.3 is 14.2 Å². The van der Waals surface area contributed by atoms with Gasteiger partial charge in [-0.25, -0.2) is 0 Å². The summed E-state index contributed by atoms with van der Waals surface area (Å²) in [6.45, 7) is 6.35. The van der Waals surface area contributed by atoms with Crippen LogP contribution >= 0.6 is 0 Å². The summed E-state index contributed by atoms with van der Waals surface area (Å²) in [5.41, 5.74) is 0. The molecule has 63 heavy (non-hydrogen) atoms. The van der Waals surface area contributed by atoms with Crippen molar-refractivity contribution in [3.05, 3.63) is 85.1 Å².